The maximum absolute atomic E-state index is 10.4. The molecule has 0 atom stereocenters. The molecule has 2 aromatic rings. The first kappa shape index (κ1) is 13.9. The van der Waals surface area contributed by atoms with Gasteiger partial charge in [-0.05, 0) is 36.8 Å². The summed E-state index contributed by atoms with van der Waals surface area (Å²) in [5.41, 5.74) is 0.760. The zero-order chi connectivity index (χ0) is 14.5. The average Bonchev–Trinajstić information content (AvgIpc) is 2.74. The molecule has 2 rings (SSSR count). The molecule has 1 aromatic carbocycles. The molecule has 0 saturated carbocycles. The van der Waals surface area contributed by atoms with Crippen molar-refractivity contribution in [2.45, 2.75) is 6.92 Å². The monoisotopic (exact) mass is 292 g/mol. The van der Waals surface area contributed by atoms with Gasteiger partial charge in [-0.2, -0.15) is 14.9 Å². The summed E-state index contributed by atoms with van der Waals surface area (Å²) in [4.78, 5) is 10.4. The molecule has 8 heteroatoms. The number of hydrogen-bond donors (Lipinski definition) is 2. The van der Waals surface area contributed by atoms with Crippen molar-refractivity contribution in [1.29, 1.82) is 0 Å². The number of aromatic amines is 1. The Labute approximate surface area is 119 Å². The third-order valence-corrected chi connectivity index (χ3v) is 2.62. The first-order valence-electron chi connectivity index (χ1n) is 5.69. The molecule has 0 saturated heterocycles. The highest BCUT2D eigenvalue weighted by Gasteiger charge is 2.00. The minimum Gasteiger partial charge on any atom is -0.482 e. The smallest absolute Gasteiger partial charge is 0.341 e. The lowest BCUT2D eigenvalue weighted by Crippen LogP contribution is -2.09. The number of aryl methyl sites for hydroxylation is 1. The minimum absolute atomic E-state index is 0.382. The number of H-pyrrole nitrogens is 1. The van der Waals surface area contributed by atoms with Crippen LogP contribution in [-0.2, 0) is 4.79 Å². The molecule has 0 spiro atoms. The van der Waals surface area contributed by atoms with E-state index in [0.717, 1.165) is 5.56 Å². The Morgan fingerprint density at radius 1 is 1.65 bits per heavy atom. The molecule has 7 nitrogen and oxygen atoms in total. The van der Waals surface area contributed by atoms with Crippen LogP contribution in [-0.4, -0.2) is 38.8 Å². The molecule has 0 aliphatic rings. The quantitative estimate of drug-likeness (QED) is 0.645. The lowest BCUT2D eigenvalue weighted by molar-refractivity contribution is -0.139. The maximum Gasteiger partial charge on any atom is 0.341 e. The van der Waals surface area contributed by atoms with E-state index in [-0.39, 0.29) is 6.61 Å². The molecule has 20 heavy (non-hydrogen) atoms. The number of carbonyl (C=O) groups is 1. The van der Waals surface area contributed by atoms with Crippen molar-refractivity contribution in [1.82, 2.24) is 14.9 Å². The lowest BCUT2D eigenvalue weighted by atomic mass is 10.2. The second-order valence-corrected chi connectivity index (χ2v) is 4.27. The van der Waals surface area contributed by atoms with Crippen molar-refractivity contribution in [2.24, 2.45) is 5.10 Å². The van der Waals surface area contributed by atoms with Gasteiger partial charge in [0.05, 0.1) is 6.21 Å². The van der Waals surface area contributed by atoms with E-state index < -0.39 is 5.97 Å². The second-order valence-electron chi connectivity index (χ2n) is 3.89. The molecule has 0 aliphatic heterocycles. The van der Waals surface area contributed by atoms with E-state index in [9.17, 15) is 4.79 Å². The molecule has 0 fully saturated rings. The van der Waals surface area contributed by atoms with Crippen LogP contribution in [0.15, 0.2) is 29.4 Å². The summed E-state index contributed by atoms with van der Waals surface area (Å²) < 4.78 is 6.97. The molecule has 1 aromatic heterocycles. The van der Waals surface area contributed by atoms with Crippen LogP contribution in [0.2, 0.25) is 0 Å². The van der Waals surface area contributed by atoms with Gasteiger partial charge in [0.1, 0.15) is 11.6 Å². The highest BCUT2D eigenvalue weighted by atomic mass is 32.1. The molecular formula is C12H12N4O3S. The molecule has 0 unspecified atom stereocenters. The SMILES string of the molecule is Cc1n[nH]c(=S)n1/N=C\c1cccc(OCC(=O)O)c1. The van der Waals surface area contributed by atoms with Crippen LogP contribution in [0.25, 0.3) is 0 Å². The van der Waals surface area contributed by atoms with E-state index in [1.165, 1.54) is 4.68 Å². The Morgan fingerprint density at radius 3 is 3.10 bits per heavy atom. The number of carboxylic acids is 1. The number of hydrogen-bond acceptors (Lipinski definition) is 5. The van der Waals surface area contributed by atoms with Crippen molar-refractivity contribution in [3.63, 3.8) is 0 Å². The van der Waals surface area contributed by atoms with Crippen molar-refractivity contribution < 1.29 is 14.6 Å². The van der Waals surface area contributed by atoms with Gasteiger partial charge in [-0.1, -0.05) is 12.1 Å². The Morgan fingerprint density at radius 2 is 2.45 bits per heavy atom. The molecule has 0 radical (unpaired) electrons. The van der Waals surface area contributed by atoms with E-state index in [4.69, 9.17) is 22.1 Å². The van der Waals surface area contributed by atoms with Crippen LogP contribution in [0.1, 0.15) is 11.4 Å². The molecule has 104 valence electrons. The topological polar surface area (TPSA) is 92.5 Å². The van der Waals surface area contributed by atoms with Crippen molar-refractivity contribution in [3.8, 4) is 5.75 Å². The third-order valence-electron chi connectivity index (χ3n) is 2.35. The number of carboxylic acid groups (broad SMARTS) is 1. The Hall–Kier alpha value is -2.48. The van der Waals surface area contributed by atoms with E-state index in [1.54, 1.807) is 31.3 Å². The Bertz CT molecular complexity index is 705. The van der Waals surface area contributed by atoms with Crippen LogP contribution >= 0.6 is 12.2 Å². The minimum atomic E-state index is -1.02. The lowest BCUT2D eigenvalue weighted by Gasteiger charge is -2.03. The average molecular weight is 292 g/mol. The van der Waals surface area contributed by atoms with Crippen LogP contribution in [0.5, 0.6) is 5.75 Å². The van der Waals surface area contributed by atoms with Crippen LogP contribution in [0.3, 0.4) is 0 Å². The summed E-state index contributed by atoms with van der Waals surface area (Å²) in [7, 11) is 0. The van der Waals surface area contributed by atoms with Gasteiger partial charge in [0.15, 0.2) is 6.61 Å². The first-order chi connectivity index (χ1) is 9.56. The van der Waals surface area contributed by atoms with E-state index in [2.05, 4.69) is 15.3 Å². The van der Waals surface area contributed by atoms with Gasteiger partial charge < -0.3 is 9.84 Å². The summed E-state index contributed by atoms with van der Waals surface area (Å²) in [5.74, 6) is 0.0813. The molecule has 0 amide bonds. The Kier molecular flexibility index (Phi) is 4.26. The summed E-state index contributed by atoms with van der Waals surface area (Å²) in [5, 5.41) is 19.3. The number of benzene rings is 1. The van der Waals surface area contributed by atoms with Gasteiger partial charge in [0, 0.05) is 0 Å². The number of ether oxygens (including phenoxy) is 1. The summed E-state index contributed by atoms with van der Waals surface area (Å²) in [6.07, 6.45) is 1.59. The van der Waals surface area contributed by atoms with Crippen molar-refractivity contribution in [3.05, 3.63) is 40.4 Å². The number of nitrogens with one attached hydrogen (secondary N) is 1. The molecular weight excluding hydrogens is 280 g/mol. The first-order valence-corrected chi connectivity index (χ1v) is 6.10. The van der Waals surface area contributed by atoms with Crippen molar-refractivity contribution >= 4 is 24.4 Å². The highest BCUT2D eigenvalue weighted by Crippen LogP contribution is 2.12. The normalized spacial score (nSPS) is 10.8. The number of aromatic nitrogens is 3. The van der Waals surface area contributed by atoms with Gasteiger partial charge in [-0.3, -0.25) is 5.10 Å². The zero-order valence-corrected chi connectivity index (χ0v) is 11.4. The number of rotatable bonds is 5. The standard InChI is InChI=1S/C12H12N4O3S/c1-8-14-15-12(20)16(8)13-6-9-3-2-4-10(5-9)19-7-11(17)18/h2-6H,7H2,1H3,(H,15,20)(H,17,18)/b13-6-. The van der Waals surface area contributed by atoms with E-state index in [0.29, 0.717) is 16.3 Å². The van der Waals surface area contributed by atoms with E-state index in [1.807, 2.05) is 6.07 Å². The van der Waals surface area contributed by atoms with Gasteiger partial charge in [-0.25, -0.2) is 4.79 Å². The van der Waals surface area contributed by atoms with E-state index >= 15 is 0 Å². The molecule has 0 aliphatic carbocycles. The van der Waals surface area contributed by atoms with Crippen LogP contribution in [0, 0.1) is 11.7 Å². The molecule has 2 N–H and O–H groups in total. The summed E-state index contributed by atoms with van der Waals surface area (Å²) >= 11 is 5.03. The van der Waals surface area contributed by atoms with Gasteiger partial charge in [0.25, 0.3) is 0 Å². The summed E-state index contributed by atoms with van der Waals surface area (Å²) in [6, 6.07) is 6.93. The molecule has 1 heterocycles. The zero-order valence-electron chi connectivity index (χ0n) is 10.6. The largest absolute Gasteiger partial charge is 0.482 e. The van der Waals surface area contributed by atoms with Crippen molar-refractivity contribution in [2.75, 3.05) is 6.61 Å². The van der Waals surface area contributed by atoms with Crippen LogP contribution in [0.4, 0.5) is 0 Å². The third kappa shape index (κ3) is 3.51. The molecule has 0 bridgehead atoms. The Balaban J connectivity index is 2.15. The van der Waals surface area contributed by atoms with Gasteiger partial charge in [-0.15, -0.1) is 0 Å². The predicted molar refractivity (Wildman–Crippen MR) is 74.7 cm³/mol. The fourth-order valence-corrected chi connectivity index (χ4v) is 1.69. The number of aliphatic carboxylic acids is 1. The fourth-order valence-electron chi connectivity index (χ4n) is 1.46. The highest BCUT2D eigenvalue weighted by molar-refractivity contribution is 7.71. The van der Waals surface area contributed by atoms with Gasteiger partial charge in [0.2, 0.25) is 4.77 Å². The number of nitrogens with zero attached hydrogens (tertiary/aromatic N) is 3. The predicted octanol–water partition coefficient (Wildman–Crippen LogP) is 1.59. The second kappa shape index (κ2) is 6.11. The van der Waals surface area contributed by atoms with Gasteiger partial charge >= 0.3 is 5.97 Å². The van der Waals surface area contributed by atoms with Crippen LogP contribution < -0.4 is 4.74 Å². The fraction of sp³-hybridized carbons (Fsp3) is 0.167. The maximum atomic E-state index is 10.4. The summed E-state index contributed by atoms with van der Waals surface area (Å²) in [6.45, 7) is 1.39.